The molecule has 0 radical (unpaired) electrons. The van der Waals surface area contributed by atoms with Gasteiger partial charge in [0.05, 0.1) is 41.8 Å². The average Bonchev–Trinajstić information content (AvgIpc) is 3.37. The van der Waals surface area contributed by atoms with Crippen LogP contribution in [-0.4, -0.2) is 39.4 Å². The van der Waals surface area contributed by atoms with Crippen molar-refractivity contribution in [3.8, 4) is 11.4 Å². The van der Waals surface area contributed by atoms with E-state index in [0.29, 0.717) is 11.4 Å². The lowest BCUT2D eigenvalue weighted by molar-refractivity contribution is -0.138. The highest BCUT2D eigenvalue weighted by Crippen LogP contribution is 2.33. The van der Waals surface area contributed by atoms with Crippen molar-refractivity contribution in [1.82, 2.24) is 20.1 Å². The number of halogens is 6. The summed E-state index contributed by atoms with van der Waals surface area (Å²) >= 11 is 0.857. The smallest absolute Gasteiger partial charge is 0.417 e. The van der Waals surface area contributed by atoms with Gasteiger partial charge in [0.15, 0.2) is 11.0 Å². The molecule has 1 aromatic heterocycles. The molecule has 0 aliphatic heterocycles. The van der Waals surface area contributed by atoms with E-state index in [2.05, 4.69) is 20.8 Å². The SMILES string of the molecule is COc1ccc(NC(=O)CSc2nnc(CNC(=O)c3ccccc3C(F)(F)F)n2-c2cccc(C(F)(F)F)c2)cc1. The molecule has 0 saturated heterocycles. The lowest BCUT2D eigenvalue weighted by atomic mass is 10.1. The van der Waals surface area contributed by atoms with E-state index in [-0.39, 0.29) is 22.4 Å². The first-order valence-corrected chi connectivity index (χ1v) is 13.0. The lowest BCUT2D eigenvalue weighted by Crippen LogP contribution is -2.27. The number of carbonyl (C=O) groups excluding carboxylic acids is 2. The molecule has 2 amide bonds. The summed E-state index contributed by atoms with van der Waals surface area (Å²) in [5, 5.41) is 12.9. The number of anilines is 1. The van der Waals surface area contributed by atoms with E-state index in [1.807, 2.05) is 0 Å². The molecule has 0 aliphatic rings. The summed E-state index contributed by atoms with van der Waals surface area (Å²) in [5.74, 6) is -1.24. The Kier molecular flexibility index (Phi) is 9.09. The molecule has 0 aliphatic carbocycles. The molecular formula is C27H21F6N5O3S. The van der Waals surface area contributed by atoms with Gasteiger partial charge in [0.1, 0.15) is 5.75 Å². The third-order valence-corrected chi connectivity index (χ3v) is 6.65. The Balaban J connectivity index is 1.58. The van der Waals surface area contributed by atoms with E-state index >= 15 is 0 Å². The Morgan fingerprint density at radius 2 is 1.62 bits per heavy atom. The van der Waals surface area contributed by atoms with E-state index in [0.717, 1.165) is 48.2 Å². The fraction of sp³-hybridized carbons (Fsp3) is 0.185. The van der Waals surface area contributed by atoms with Gasteiger partial charge in [-0.1, -0.05) is 30.0 Å². The third kappa shape index (κ3) is 7.40. The monoisotopic (exact) mass is 609 g/mol. The van der Waals surface area contributed by atoms with Gasteiger partial charge in [-0.25, -0.2) is 0 Å². The van der Waals surface area contributed by atoms with Crippen LogP contribution in [0.5, 0.6) is 5.75 Å². The summed E-state index contributed by atoms with van der Waals surface area (Å²) in [6.07, 6.45) is -9.46. The number of thioether (sulfide) groups is 1. The normalized spacial score (nSPS) is 11.7. The summed E-state index contributed by atoms with van der Waals surface area (Å²) in [6.45, 7) is -0.479. The molecule has 0 unspecified atom stereocenters. The molecule has 0 spiro atoms. The van der Waals surface area contributed by atoms with Crippen LogP contribution in [-0.2, 0) is 23.7 Å². The standard InChI is InChI=1S/C27H21F6N5O3S/c1-41-19-11-9-17(10-12-19)35-23(39)15-42-25-37-36-22(38(25)18-6-4-5-16(13-18)26(28,29)30)14-34-24(40)20-7-2-3-8-21(20)27(31,32)33/h2-13H,14-15H2,1H3,(H,34,40)(H,35,39). The van der Waals surface area contributed by atoms with E-state index in [1.165, 1.54) is 23.8 Å². The zero-order valence-electron chi connectivity index (χ0n) is 21.6. The number of rotatable bonds is 9. The molecular weight excluding hydrogens is 588 g/mol. The largest absolute Gasteiger partial charge is 0.497 e. The Morgan fingerprint density at radius 1 is 0.905 bits per heavy atom. The number of alkyl halides is 6. The van der Waals surface area contributed by atoms with Gasteiger partial charge in [0.2, 0.25) is 5.91 Å². The molecule has 3 aromatic carbocycles. The van der Waals surface area contributed by atoms with Crippen molar-refractivity contribution in [2.24, 2.45) is 0 Å². The van der Waals surface area contributed by atoms with E-state index in [9.17, 15) is 35.9 Å². The number of nitrogens with one attached hydrogen (secondary N) is 2. The Morgan fingerprint density at radius 3 is 2.29 bits per heavy atom. The zero-order chi connectivity index (χ0) is 30.5. The maximum absolute atomic E-state index is 13.4. The maximum Gasteiger partial charge on any atom is 0.417 e. The second-order valence-electron chi connectivity index (χ2n) is 8.57. The molecule has 4 aromatic rings. The van der Waals surface area contributed by atoms with Gasteiger partial charge in [0, 0.05) is 5.69 Å². The molecule has 2 N–H and O–H groups in total. The molecule has 42 heavy (non-hydrogen) atoms. The average molecular weight is 610 g/mol. The second kappa shape index (κ2) is 12.5. The third-order valence-electron chi connectivity index (χ3n) is 5.72. The van der Waals surface area contributed by atoms with Gasteiger partial charge < -0.3 is 15.4 Å². The number of hydrogen-bond donors (Lipinski definition) is 2. The number of benzene rings is 3. The summed E-state index contributed by atoms with van der Waals surface area (Å²) < 4.78 is 86.7. The van der Waals surface area contributed by atoms with Crippen molar-refractivity contribution in [1.29, 1.82) is 0 Å². The van der Waals surface area contributed by atoms with Gasteiger partial charge in [-0.05, 0) is 54.6 Å². The maximum atomic E-state index is 13.4. The van der Waals surface area contributed by atoms with Crippen molar-refractivity contribution >= 4 is 29.3 Å². The second-order valence-corrected chi connectivity index (χ2v) is 9.52. The van der Waals surface area contributed by atoms with Gasteiger partial charge in [-0.2, -0.15) is 26.3 Å². The van der Waals surface area contributed by atoms with Crippen LogP contribution in [0.15, 0.2) is 78.0 Å². The Hall–Kier alpha value is -4.53. The van der Waals surface area contributed by atoms with Crippen LogP contribution < -0.4 is 15.4 Å². The lowest BCUT2D eigenvalue weighted by Gasteiger charge is -2.15. The number of amides is 2. The molecule has 1 heterocycles. The first-order valence-electron chi connectivity index (χ1n) is 12.0. The van der Waals surface area contributed by atoms with Crippen molar-refractivity contribution in [3.05, 3.63) is 95.3 Å². The number of carbonyl (C=O) groups is 2. The highest BCUT2D eigenvalue weighted by atomic mass is 32.2. The molecule has 220 valence electrons. The van der Waals surface area contributed by atoms with E-state index in [4.69, 9.17) is 4.74 Å². The first-order chi connectivity index (χ1) is 19.9. The summed E-state index contributed by atoms with van der Waals surface area (Å²) in [5.41, 5.74) is -2.33. The highest BCUT2D eigenvalue weighted by molar-refractivity contribution is 7.99. The number of ether oxygens (including phenoxy) is 1. The minimum Gasteiger partial charge on any atom is -0.497 e. The summed E-state index contributed by atoms with van der Waals surface area (Å²) in [6, 6.07) is 14.8. The Labute approximate surface area is 239 Å². The van der Waals surface area contributed by atoms with Crippen molar-refractivity contribution in [2.75, 3.05) is 18.2 Å². The highest BCUT2D eigenvalue weighted by Gasteiger charge is 2.35. The quantitative estimate of drug-likeness (QED) is 0.179. The minimum absolute atomic E-state index is 0.0131. The molecule has 15 heteroatoms. The molecule has 0 saturated carbocycles. The van der Waals surface area contributed by atoms with Crippen LogP contribution >= 0.6 is 11.8 Å². The van der Waals surface area contributed by atoms with Crippen molar-refractivity contribution in [2.45, 2.75) is 24.1 Å². The topological polar surface area (TPSA) is 98.1 Å². The molecule has 8 nitrogen and oxygen atoms in total. The number of nitrogens with zero attached hydrogens (tertiary/aromatic N) is 3. The van der Waals surface area contributed by atoms with E-state index < -0.39 is 47.4 Å². The molecule has 0 bridgehead atoms. The first kappa shape index (κ1) is 30.4. The number of hydrogen-bond acceptors (Lipinski definition) is 6. The van der Waals surface area contributed by atoms with Crippen LogP contribution in [0, 0.1) is 0 Å². The van der Waals surface area contributed by atoms with Crippen LogP contribution in [0.25, 0.3) is 5.69 Å². The van der Waals surface area contributed by atoms with Gasteiger partial charge in [-0.15, -0.1) is 10.2 Å². The molecule has 0 fully saturated rings. The number of methoxy groups -OCH3 is 1. The molecule has 0 atom stereocenters. The van der Waals surface area contributed by atoms with Crippen LogP contribution in [0.4, 0.5) is 32.0 Å². The predicted octanol–water partition coefficient (Wildman–Crippen LogP) is 5.97. The summed E-state index contributed by atoms with van der Waals surface area (Å²) in [4.78, 5) is 25.2. The Bertz CT molecular complexity index is 1570. The minimum atomic E-state index is -4.79. The van der Waals surface area contributed by atoms with E-state index in [1.54, 1.807) is 24.3 Å². The predicted molar refractivity (Wildman–Crippen MR) is 141 cm³/mol. The molecule has 4 rings (SSSR count). The van der Waals surface area contributed by atoms with Gasteiger partial charge in [-0.3, -0.25) is 14.2 Å². The van der Waals surface area contributed by atoms with Crippen molar-refractivity contribution in [3.63, 3.8) is 0 Å². The van der Waals surface area contributed by atoms with Crippen molar-refractivity contribution < 1.29 is 40.7 Å². The van der Waals surface area contributed by atoms with Crippen LogP contribution in [0.1, 0.15) is 27.3 Å². The summed E-state index contributed by atoms with van der Waals surface area (Å²) in [7, 11) is 1.49. The fourth-order valence-corrected chi connectivity index (χ4v) is 4.54. The zero-order valence-corrected chi connectivity index (χ0v) is 22.4. The number of aromatic nitrogens is 3. The van der Waals surface area contributed by atoms with Crippen LogP contribution in [0.3, 0.4) is 0 Å². The van der Waals surface area contributed by atoms with Crippen LogP contribution in [0.2, 0.25) is 0 Å². The fourth-order valence-electron chi connectivity index (χ4n) is 3.77. The van der Waals surface area contributed by atoms with Gasteiger partial charge in [0.25, 0.3) is 5.91 Å². The van der Waals surface area contributed by atoms with Gasteiger partial charge >= 0.3 is 12.4 Å².